The fourth-order valence-electron chi connectivity index (χ4n) is 1.03. The van der Waals surface area contributed by atoms with E-state index in [0.29, 0.717) is 17.9 Å². The van der Waals surface area contributed by atoms with E-state index in [1.54, 1.807) is 30.3 Å². The molecule has 0 spiro atoms. The van der Waals surface area contributed by atoms with Gasteiger partial charge >= 0.3 is 0 Å². The van der Waals surface area contributed by atoms with Gasteiger partial charge in [0.15, 0.2) is 6.61 Å². The molecule has 16 heavy (non-hydrogen) atoms. The van der Waals surface area contributed by atoms with E-state index in [1.807, 2.05) is 0 Å². The number of hydrogen-bond acceptors (Lipinski definition) is 3. The van der Waals surface area contributed by atoms with Gasteiger partial charge in [-0.25, -0.2) is 0 Å². The lowest BCUT2D eigenvalue weighted by Crippen LogP contribution is -2.28. The highest BCUT2D eigenvalue weighted by Gasteiger charge is 2.00. The van der Waals surface area contributed by atoms with Crippen molar-refractivity contribution in [2.45, 2.75) is 0 Å². The number of benzene rings is 1. The van der Waals surface area contributed by atoms with Crippen LogP contribution in [-0.2, 0) is 4.79 Å². The number of ether oxygens (including phenoxy) is 1. The SMILES string of the molecule is C=CCNC(=O)COc1ccc(C=O)cc1. The minimum Gasteiger partial charge on any atom is -0.484 e. The van der Waals surface area contributed by atoms with Gasteiger partial charge in [0.25, 0.3) is 5.91 Å². The van der Waals surface area contributed by atoms with Crippen LogP contribution in [0.2, 0.25) is 0 Å². The Kier molecular flexibility index (Phi) is 4.79. The minimum absolute atomic E-state index is 0.0473. The van der Waals surface area contributed by atoms with Crippen LogP contribution in [0.5, 0.6) is 5.75 Å². The Morgan fingerprint density at radius 3 is 2.62 bits per heavy atom. The van der Waals surface area contributed by atoms with Crippen LogP contribution in [-0.4, -0.2) is 25.3 Å². The van der Waals surface area contributed by atoms with Crippen molar-refractivity contribution in [1.82, 2.24) is 5.32 Å². The van der Waals surface area contributed by atoms with Crippen LogP contribution in [0.3, 0.4) is 0 Å². The van der Waals surface area contributed by atoms with E-state index in [4.69, 9.17) is 4.74 Å². The summed E-state index contributed by atoms with van der Waals surface area (Å²) in [5.41, 5.74) is 0.573. The van der Waals surface area contributed by atoms with Crippen LogP contribution in [0.4, 0.5) is 0 Å². The lowest BCUT2D eigenvalue weighted by Gasteiger charge is -2.05. The summed E-state index contributed by atoms with van der Waals surface area (Å²) < 4.78 is 5.20. The summed E-state index contributed by atoms with van der Waals surface area (Å²) in [5.74, 6) is 0.346. The molecule has 0 bridgehead atoms. The zero-order valence-corrected chi connectivity index (χ0v) is 8.81. The van der Waals surface area contributed by atoms with Crippen molar-refractivity contribution >= 4 is 12.2 Å². The van der Waals surface area contributed by atoms with Gasteiger partial charge in [0.2, 0.25) is 0 Å². The molecule has 0 aliphatic carbocycles. The van der Waals surface area contributed by atoms with Gasteiger partial charge in [-0.3, -0.25) is 9.59 Å². The molecule has 1 amide bonds. The molecule has 0 aliphatic rings. The van der Waals surface area contributed by atoms with E-state index >= 15 is 0 Å². The molecule has 1 N–H and O–H groups in total. The third kappa shape index (κ3) is 3.96. The standard InChI is InChI=1S/C12H13NO3/c1-2-7-13-12(15)9-16-11-5-3-10(8-14)4-6-11/h2-6,8H,1,7,9H2,(H,13,15). The third-order valence-electron chi connectivity index (χ3n) is 1.83. The Balaban J connectivity index is 2.39. The summed E-state index contributed by atoms with van der Waals surface area (Å²) in [7, 11) is 0. The molecule has 1 aromatic rings. The van der Waals surface area contributed by atoms with Gasteiger partial charge in [0, 0.05) is 12.1 Å². The summed E-state index contributed by atoms with van der Waals surface area (Å²) in [5, 5.41) is 2.59. The largest absolute Gasteiger partial charge is 0.484 e. The second-order valence-corrected chi connectivity index (χ2v) is 3.07. The molecule has 4 heteroatoms. The van der Waals surface area contributed by atoms with Crippen LogP contribution < -0.4 is 10.1 Å². The molecular formula is C12H13NO3. The molecule has 0 aliphatic heterocycles. The van der Waals surface area contributed by atoms with Gasteiger partial charge in [-0.1, -0.05) is 6.08 Å². The van der Waals surface area contributed by atoms with E-state index in [2.05, 4.69) is 11.9 Å². The monoisotopic (exact) mass is 219 g/mol. The van der Waals surface area contributed by atoms with Crippen molar-refractivity contribution in [2.24, 2.45) is 0 Å². The number of rotatable bonds is 6. The lowest BCUT2D eigenvalue weighted by atomic mass is 10.2. The van der Waals surface area contributed by atoms with Crippen molar-refractivity contribution < 1.29 is 14.3 Å². The first-order valence-electron chi connectivity index (χ1n) is 4.82. The summed E-state index contributed by atoms with van der Waals surface area (Å²) in [6.45, 7) is 3.86. The van der Waals surface area contributed by atoms with Gasteiger partial charge in [-0.2, -0.15) is 0 Å². The maximum absolute atomic E-state index is 11.2. The summed E-state index contributed by atoms with van der Waals surface area (Å²) in [4.78, 5) is 21.5. The fraction of sp³-hybridized carbons (Fsp3) is 0.167. The average molecular weight is 219 g/mol. The smallest absolute Gasteiger partial charge is 0.258 e. The average Bonchev–Trinajstić information content (AvgIpc) is 2.34. The van der Waals surface area contributed by atoms with Crippen molar-refractivity contribution in [2.75, 3.05) is 13.2 Å². The Hall–Kier alpha value is -2.10. The number of carbonyl (C=O) groups is 2. The first-order valence-corrected chi connectivity index (χ1v) is 4.82. The second kappa shape index (κ2) is 6.40. The Labute approximate surface area is 93.9 Å². The second-order valence-electron chi connectivity index (χ2n) is 3.07. The molecule has 4 nitrogen and oxygen atoms in total. The highest BCUT2D eigenvalue weighted by atomic mass is 16.5. The van der Waals surface area contributed by atoms with Crippen molar-refractivity contribution in [3.63, 3.8) is 0 Å². The van der Waals surface area contributed by atoms with Crippen LogP contribution in [0.1, 0.15) is 10.4 Å². The third-order valence-corrected chi connectivity index (χ3v) is 1.83. The van der Waals surface area contributed by atoms with Crippen LogP contribution in [0.15, 0.2) is 36.9 Å². The maximum Gasteiger partial charge on any atom is 0.258 e. The van der Waals surface area contributed by atoms with Crippen molar-refractivity contribution in [3.8, 4) is 5.75 Å². The quantitative estimate of drug-likeness (QED) is 0.577. The zero-order chi connectivity index (χ0) is 11.8. The van der Waals surface area contributed by atoms with E-state index < -0.39 is 0 Å². The van der Waals surface area contributed by atoms with Gasteiger partial charge in [-0.05, 0) is 24.3 Å². The Morgan fingerprint density at radius 1 is 1.38 bits per heavy atom. The molecule has 1 rings (SSSR count). The number of nitrogens with one attached hydrogen (secondary N) is 1. The van der Waals surface area contributed by atoms with Gasteiger partial charge in [-0.15, -0.1) is 6.58 Å². The highest BCUT2D eigenvalue weighted by molar-refractivity contribution is 5.77. The van der Waals surface area contributed by atoms with Crippen molar-refractivity contribution in [1.29, 1.82) is 0 Å². The molecule has 84 valence electrons. The number of carbonyl (C=O) groups excluding carboxylic acids is 2. The van der Waals surface area contributed by atoms with Crippen LogP contribution >= 0.6 is 0 Å². The molecule has 1 aromatic carbocycles. The van der Waals surface area contributed by atoms with E-state index in [1.165, 1.54) is 0 Å². The first-order chi connectivity index (χ1) is 7.76. The fourth-order valence-corrected chi connectivity index (χ4v) is 1.03. The number of aldehydes is 1. The van der Waals surface area contributed by atoms with E-state index in [-0.39, 0.29) is 12.5 Å². The molecule has 0 aromatic heterocycles. The van der Waals surface area contributed by atoms with E-state index in [0.717, 1.165) is 6.29 Å². The van der Waals surface area contributed by atoms with Crippen LogP contribution in [0, 0.1) is 0 Å². The molecule has 0 saturated heterocycles. The van der Waals surface area contributed by atoms with Gasteiger partial charge < -0.3 is 10.1 Å². The Bertz CT molecular complexity index is 370. The predicted octanol–water partition coefficient (Wildman–Crippen LogP) is 1.18. The molecule has 0 heterocycles. The molecular weight excluding hydrogens is 206 g/mol. The molecule has 0 saturated carbocycles. The lowest BCUT2D eigenvalue weighted by molar-refractivity contribution is -0.122. The Morgan fingerprint density at radius 2 is 2.06 bits per heavy atom. The predicted molar refractivity (Wildman–Crippen MR) is 60.5 cm³/mol. The molecule has 0 unspecified atom stereocenters. The van der Waals surface area contributed by atoms with Gasteiger partial charge in [0.05, 0.1) is 0 Å². The number of hydrogen-bond donors (Lipinski definition) is 1. The highest BCUT2D eigenvalue weighted by Crippen LogP contribution is 2.10. The zero-order valence-electron chi connectivity index (χ0n) is 8.81. The summed E-state index contributed by atoms with van der Waals surface area (Å²) in [6, 6.07) is 6.54. The minimum atomic E-state index is -0.209. The molecule has 0 atom stereocenters. The summed E-state index contributed by atoms with van der Waals surface area (Å²) in [6.07, 6.45) is 2.34. The molecule has 0 radical (unpaired) electrons. The normalized spacial score (nSPS) is 9.25. The molecule has 0 fully saturated rings. The maximum atomic E-state index is 11.2. The topological polar surface area (TPSA) is 55.4 Å². The van der Waals surface area contributed by atoms with E-state index in [9.17, 15) is 9.59 Å². The van der Waals surface area contributed by atoms with Crippen LogP contribution in [0.25, 0.3) is 0 Å². The summed E-state index contributed by atoms with van der Waals surface area (Å²) >= 11 is 0. The van der Waals surface area contributed by atoms with Crippen molar-refractivity contribution in [3.05, 3.63) is 42.5 Å². The first kappa shape index (κ1) is 12.0. The van der Waals surface area contributed by atoms with Gasteiger partial charge in [0.1, 0.15) is 12.0 Å². The number of amides is 1.